The number of esters is 1. The largest absolute Gasteiger partial charge is 0.466 e. The van der Waals surface area contributed by atoms with Gasteiger partial charge in [-0.3, -0.25) is 4.79 Å². The van der Waals surface area contributed by atoms with Crippen molar-refractivity contribution in [1.82, 2.24) is 4.90 Å². The van der Waals surface area contributed by atoms with Crippen LogP contribution in [0.2, 0.25) is 0 Å². The van der Waals surface area contributed by atoms with Crippen LogP contribution in [0.5, 0.6) is 0 Å². The third-order valence-corrected chi connectivity index (χ3v) is 3.83. The number of aliphatic hydroxyl groups excluding tert-OH is 1. The Labute approximate surface area is 138 Å². The van der Waals surface area contributed by atoms with Crippen molar-refractivity contribution < 1.29 is 28.2 Å². The molecule has 2 N–H and O–H groups in total. The highest BCUT2D eigenvalue weighted by molar-refractivity contribution is 9.10. The number of aliphatic hydroxyl groups is 1. The van der Waals surface area contributed by atoms with Crippen molar-refractivity contribution in [1.29, 1.82) is 0 Å². The molecule has 0 bridgehead atoms. The average molecular weight is 391 g/mol. The van der Waals surface area contributed by atoms with Gasteiger partial charge in [0, 0.05) is 12.6 Å². The molecule has 0 spiro atoms. The first-order chi connectivity index (χ1) is 10.9. The van der Waals surface area contributed by atoms with Gasteiger partial charge in [0.25, 0.3) is 5.91 Å². The lowest BCUT2D eigenvalue weighted by atomic mass is 10.2. The molecular weight excluding hydrogens is 378 g/mol. The van der Waals surface area contributed by atoms with Gasteiger partial charge in [0.05, 0.1) is 36.0 Å². The van der Waals surface area contributed by atoms with Crippen LogP contribution in [-0.4, -0.2) is 48.7 Å². The summed E-state index contributed by atoms with van der Waals surface area (Å²) in [7, 11) is 1.14. The lowest BCUT2D eigenvalue weighted by Gasteiger charge is -2.15. The van der Waals surface area contributed by atoms with E-state index in [2.05, 4.69) is 26.0 Å². The topological polar surface area (TPSA) is 78.9 Å². The van der Waals surface area contributed by atoms with Crippen LogP contribution < -0.4 is 5.32 Å². The van der Waals surface area contributed by atoms with Gasteiger partial charge in [-0.15, -0.1) is 0 Å². The van der Waals surface area contributed by atoms with E-state index >= 15 is 0 Å². The van der Waals surface area contributed by atoms with Gasteiger partial charge in [-0.2, -0.15) is 0 Å². The standard InChI is InChI=1S/C14H13BrF2N2O4/c1-23-14(22)7-6-19(2-3-20)13(21)12(7)18-11-5-9(16)8(15)4-10(11)17/h4-5,18,20H,2-3,6H2,1H3. The molecule has 0 aromatic heterocycles. The van der Waals surface area contributed by atoms with Crippen LogP contribution >= 0.6 is 15.9 Å². The number of carbonyl (C=O) groups is 2. The number of carbonyl (C=O) groups excluding carboxylic acids is 2. The number of β-amino-alcohol motifs (C(OH)–C–C–N with tert-alkyl or cyclic N) is 1. The second-order valence-corrected chi connectivity index (χ2v) is 5.52. The second kappa shape index (κ2) is 7.05. The molecule has 1 aliphatic heterocycles. The normalized spacial score (nSPS) is 14.5. The molecule has 0 unspecified atom stereocenters. The molecule has 6 nitrogen and oxygen atoms in total. The number of amides is 1. The Morgan fingerprint density at radius 3 is 2.74 bits per heavy atom. The van der Waals surface area contributed by atoms with E-state index in [1.807, 2.05) is 0 Å². The molecule has 23 heavy (non-hydrogen) atoms. The third kappa shape index (κ3) is 3.50. The summed E-state index contributed by atoms with van der Waals surface area (Å²) in [4.78, 5) is 25.2. The van der Waals surface area contributed by atoms with E-state index in [4.69, 9.17) is 5.11 Å². The lowest BCUT2D eigenvalue weighted by molar-refractivity contribution is -0.136. The maximum atomic E-state index is 13.9. The number of benzene rings is 1. The summed E-state index contributed by atoms with van der Waals surface area (Å²) in [6.07, 6.45) is 0. The predicted molar refractivity (Wildman–Crippen MR) is 80.4 cm³/mol. The van der Waals surface area contributed by atoms with Crippen LogP contribution in [0.15, 0.2) is 27.9 Å². The summed E-state index contributed by atoms with van der Waals surface area (Å²) in [5.41, 5.74) is -0.513. The smallest absolute Gasteiger partial charge is 0.337 e. The first-order valence-electron chi connectivity index (χ1n) is 6.52. The predicted octanol–water partition coefficient (Wildman–Crippen LogP) is 1.40. The molecule has 1 heterocycles. The van der Waals surface area contributed by atoms with E-state index in [9.17, 15) is 18.4 Å². The molecule has 0 saturated heterocycles. The van der Waals surface area contributed by atoms with E-state index in [0.717, 1.165) is 19.2 Å². The molecule has 1 aromatic rings. The SMILES string of the molecule is COC(=O)C1=C(Nc2cc(F)c(Br)cc2F)C(=O)N(CCO)C1. The minimum absolute atomic E-state index is 0.00168. The number of ether oxygens (including phenoxy) is 1. The van der Waals surface area contributed by atoms with Gasteiger partial charge < -0.3 is 20.1 Å². The quantitative estimate of drug-likeness (QED) is 0.586. The fraction of sp³-hybridized carbons (Fsp3) is 0.286. The Morgan fingerprint density at radius 2 is 2.13 bits per heavy atom. The Kier molecular flexibility index (Phi) is 5.32. The summed E-state index contributed by atoms with van der Waals surface area (Å²) in [5.74, 6) is -2.91. The zero-order chi connectivity index (χ0) is 17.1. The van der Waals surface area contributed by atoms with Gasteiger partial charge in [0.1, 0.15) is 17.3 Å². The fourth-order valence-electron chi connectivity index (χ4n) is 2.10. The van der Waals surface area contributed by atoms with Crippen LogP contribution in [0, 0.1) is 11.6 Å². The molecule has 9 heteroatoms. The van der Waals surface area contributed by atoms with Gasteiger partial charge in [0.15, 0.2) is 0 Å². The Morgan fingerprint density at radius 1 is 1.43 bits per heavy atom. The van der Waals surface area contributed by atoms with Crippen molar-refractivity contribution in [3.05, 3.63) is 39.5 Å². The molecule has 1 amide bonds. The minimum atomic E-state index is -0.802. The van der Waals surface area contributed by atoms with Gasteiger partial charge in [-0.1, -0.05) is 0 Å². The summed E-state index contributed by atoms with van der Waals surface area (Å²) < 4.78 is 32.0. The third-order valence-electron chi connectivity index (χ3n) is 3.22. The van der Waals surface area contributed by atoms with Crippen LogP contribution in [0.4, 0.5) is 14.5 Å². The first-order valence-corrected chi connectivity index (χ1v) is 7.31. The maximum absolute atomic E-state index is 13.9. The molecule has 0 radical (unpaired) electrons. The number of halogens is 3. The van der Waals surface area contributed by atoms with Crippen LogP contribution in [0.3, 0.4) is 0 Å². The van der Waals surface area contributed by atoms with Crippen LogP contribution in [0.25, 0.3) is 0 Å². The van der Waals surface area contributed by atoms with Crippen LogP contribution in [0.1, 0.15) is 0 Å². The molecule has 1 aliphatic rings. The highest BCUT2D eigenvalue weighted by Crippen LogP contribution is 2.27. The molecule has 1 aromatic carbocycles. The van der Waals surface area contributed by atoms with Gasteiger partial charge in [0.2, 0.25) is 0 Å². The van der Waals surface area contributed by atoms with Crippen molar-refractivity contribution in [2.24, 2.45) is 0 Å². The maximum Gasteiger partial charge on any atom is 0.337 e. The molecule has 0 fully saturated rings. The van der Waals surface area contributed by atoms with E-state index in [0.29, 0.717) is 0 Å². The number of rotatable bonds is 5. The van der Waals surface area contributed by atoms with Crippen molar-refractivity contribution in [2.45, 2.75) is 0 Å². The molecule has 0 saturated carbocycles. The van der Waals surface area contributed by atoms with Gasteiger partial charge in [-0.25, -0.2) is 13.6 Å². The van der Waals surface area contributed by atoms with E-state index < -0.39 is 23.5 Å². The molecule has 0 aliphatic carbocycles. The highest BCUT2D eigenvalue weighted by atomic mass is 79.9. The molecular formula is C14H13BrF2N2O4. The fourth-order valence-corrected chi connectivity index (χ4v) is 2.42. The Hall–Kier alpha value is -2.00. The van der Waals surface area contributed by atoms with E-state index in [1.54, 1.807) is 0 Å². The second-order valence-electron chi connectivity index (χ2n) is 4.67. The highest BCUT2D eigenvalue weighted by Gasteiger charge is 2.34. The summed E-state index contributed by atoms with van der Waals surface area (Å²) in [6, 6.07) is 1.77. The van der Waals surface area contributed by atoms with E-state index in [1.165, 1.54) is 4.90 Å². The number of anilines is 1. The van der Waals surface area contributed by atoms with Crippen molar-refractivity contribution >= 4 is 33.5 Å². The molecule has 2 rings (SSSR count). The monoisotopic (exact) mass is 390 g/mol. The minimum Gasteiger partial charge on any atom is -0.466 e. The number of hydrogen-bond acceptors (Lipinski definition) is 5. The van der Waals surface area contributed by atoms with Crippen molar-refractivity contribution in [2.75, 3.05) is 32.1 Å². The first kappa shape index (κ1) is 17.4. The molecule has 124 valence electrons. The Balaban J connectivity index is 2.39. The summed E-state index contributed by atoms with van der Waals surface area (Å²) in [6.45, 7) is -0.383. The molecule has 0 atom stereocenters. The number of hydrogen-bond donors (Lipinski definition) is 2. The average Bonchev–Trinajstić information content (AvgIpc) is 2.81. The Bertz CT molecular complexity index is 694. The number of nitrogens with one attached hydrogen (secondary N) is 1. The summed E-state index contributed by atoms with van der Waals surface area (Å²) >= 11 is 2.85. The van der Waals surface area contributed by atoms with Crippen molar-refractivity contribution in [3.8, 4) is 0 Å². The van der Waals surface area contributed by atoms with Crippen LogP contribution in [-0.2, 0) is 14.3 Å². The van der Waals surface area contributed by atoms with E-state index in [-0.39, 0.29) is 41.1 Å². The van der Waals surface area contributed by atoms with Gasteiger partial charge >= 0.3 is 5.97 Å². The van der Waals surface area contributed by atoms with Gasteiger partial charge in [-0.05, 0) is 22.0 Å². The zero-order valence-corrected chi connectivity index (χ0v) is 13.6. The zero-order valence-electron chi connectivity index (χ0n) is 12.0. The summed E-state index contributed by atoms with van der Waals surface area (Å²) in [5, 5.41) is 11.4. The number of nitrogens with zero attached hydrogens (tertiary/aromatic N) is 1. The van der Waals surface area contributed by atoms with Crippen molar-refractivity contribution in [3.63, 3.8) is 0 Å². The number of methoxy groups -OCH3 is 1. The lowest BCUT2D eigenvalue weighted by Crippen LogP contribution is -2.31.